The van der Waals surface area contributed by atoms with Crippen molar-refractivity contribution in [3.05, 3.63) is 28.8 Å². The van der Waals surface area contributed by atoms with Crippen LogP contribution < -0.4 is 4.74 Å². The second kappa shape index (κ2) is 6.66. The predicted molar refractivity (Wildman–Crippen MR) is 72.0 cm³/mol. The van der Waals surface area contributed by atoms with E-state index >= 15 is 0 Å². The Bertz CT molecular complexity index is 418. The van der Waals surface area contributed by atoms with Crippen molar-refractivity contribution in [3.8, 4) is 30.4 Å². The van der Waals surface area contributed by atoms with Crippen molar-refractivity contribution in [2.75, 3.05) is 7.11 Å². The average Bonchev–Trinajstić information content (AvgIpc) is 2.33. The minimum absolute atomic E-state index is 0.731. The Hall–Kier alpha value is -1.86. The molecule has 1 rings (SSSR count). The molecule has 0 saturated heterocycles. The fraction of sp³-hybridized carbons (Fsp3) is 0.375. The number of benzene rings is 1. The first kappa shape index (κ1) is 13.2. The Balaban J connectivity index is 3.07. The van der Waals surface area contributed by atoms with Gasteiger partial charge in [-0.15, -0.1) is 24.7 Å². The van der Waals surface area contributed by atoms with Crippen LogP contribution in [0, 0.1) is 31.6 Å². The number of terminal acetylenes is 2. The molecule has 0 atom stereocenters. The molecule has 0 unspecified atom stereocenters. The van der Waals surface area contributed by atoms with Gasteiger partial charge >= 0.3 is 0 Å². The zero-order valence-electron chi connectivity index (χ0n) is 10.5. The molecule has 0 aliphatic carbocycles. The number of methoxy groups -OCH3 is 1. The van der Waals surface area contributed by atoms with Gasteiger partial charge in [0.15, 0.2) is 0 Å². The number of aryl methyl sites for hydroxylation is 3. The van der Waals surface area contributed by atoms with Crippen molar-refractivity contribution >= 4 is 0 Å². The Labute approximate surface area is 104 Å². The summed E-state index contributed by atoms with van der Waals surface area (Å²) in [6.07, 6.45) is 13.8. The summed E-state index contributed by atoms with van der Waals surface area (Å²) >= 11 is 0. The van der Waals surface area contributed by atoms with Crippen LogP contribution in [0.5, 0.6) is 5.75 Å². The fourth-order valence-corrected chi connectivity index (χ4v) is 1.98. The molecule has 0 radical (unpaired) electrons. The van der Waals surface area contributed by atoms with Gasteiger partial charge in [0, 0.05) is 12.8 Å². The van der Waals surface area contributed by atoms with Crippen LogP contribution >= 0.6 is 0 Å². The lowest BCUT2D eigenvalue weighted by Crippen LogP contribution is -1.99. The monoisotopic (exact) mass is 226 g/mol. The minimum atomic E-state index is 0.731. The fourth-order valence-electron chi connectivity index (χ4n) is 1.98. The van der Waals surface area contributed by atoms with Gasteiger partial charge in [0.05, 0.1) is 7.11 Å². The molecule has 0 aliphatic rings. The molecule has 1 nitrogen and oxygen atoms in total. The Kier molecular flexibility index (Phi) is 5.18. The quantitative estimate of drug-likeness (QED) is 0.701. The topological polar surface area (TPSA) is 9.23 Å². The Morgan fingerprint density at radius 1 is 1.06 bits per heavy atom. The van der Waals surface area contributed by atoms with E-state index in [0.29, 0.717) is 0 Å². The van der Waals surface area contributed by atoms with Gasteiger partial charge in [-0.3, -0.25) is 0 Å². The SMILES string of the molecule is C#CCCc1cc(C)cc(CCC#C)c1OC. The summed E-state index contributed by atoms with van der Waals surface area (Å²) in [5, 5.41) is 0. The van der Waals surface area contributed by atoms with Gasteiger partial charge in [-0.05, 0) is 30.9 Å². The molecular weight excluding hydrogens is 208 g/mol. The summed E-state index contributed by atoms with van der Waals surface area (Å²) in [6.45, 7) is 2.08. The van der Waals surface area contributed by atoms with Crippen LogP contribution in [-0.2, 0) is 12.8 Å². The standard InChI is InChI=1S/C16H18O/c1-5-7-9-14-11-13(3)12-15(10-8-6-2)16(14)17-4/h1-2,11-12H,7-10H2,3-4H3. The smallest absolute Gasteiger partial charge is 0.125 e. The second-order valence-corrected chi connectivity index (χ2v) is 4.02. The Morgan fingerprint density at radius 3 is 1.88 bits per heavy atom. The highest BCUT2D eigenvalue weighted by Gasteiger charge is 2.09. The zero-order valence-corrected chi connectivity index (χ0v) is 10.5. The maximum atomic E-state index is 5.49. The van der Waals surface area contributed by atoms with Crippen molar-refractivity contribution in [2.45, 2.75) is 32.6 Å². The summed E-state index contributed by atoms with van der Waals surface area (Å²) in [5.41, 5.74) is 3.58. The van der Waals surface area contributed by atoms with E-state index < -0.39 is 0 Å². The highest BCUT2D eigenvalue weighted by atomic mass is 16.5. The third-order valence-corrected chi connectivity index (χ3v) is 2.67. The van der Waals surface area contributed by atoms with E-state index in [2.05, 4.69) is 30.9 Å². The number of rotatable bonds is 5. The van der Waals surface area contributed by atoms with E-state index in [0.717, 1.165) is 31.4 Å². The Morgan fingerprint density at radius 2 is 1.53 bits per heavy atom. The van der Waals surface area contributed by atoms with Gasteiger partial charge in [0.2, 0.25) is 0 Å². The molecule has 88 valence electrons. The van der Waals surface area contributed by atoms with Crippen LogP contribution in [0.25, 0.3) is 0 Å². The maximum Gasteiger partial charge on any atom is 0.125 e. The highest BCUT2D eigenvalue weighted by Crippen LogP contribution is 2.27. The molecule has 0 fully saturated rings. The maximum absolute atomic E-state index is 5.49. The number of ether oxygens (including phenoxy) is 1. The second-order valence-electron chi connectivity index (χ2n) is 4.02. The van der Waals surface area contributed by atoms with Crippen LogP contribution in [0.15, 0.2) is 12.1 Å². The first-order valence-electron chi connectivity index (χ1n) is 5.76. The molecule has 0 aromatic heterocycles. The summed E-state index contributed by atoms with van der Waals surface area (Å²) in [4.78, 5) is 0. The molecule has 0 amide bonds. The van der Waals surface area contributed by atoms with Gasteiger partial charge in [-0.25, -0.2) is 0 Å². The molecule has 0 heterocycles. The molecule has 0 spiro atoms. The molecule has 1 heteroatoms. The zero-order chi connectivity index (χ0) is 12.7. The molecule has 0 N–H and O–H groups in total. The van der Waals surface area contributed by atoms with Crippen molar-refractivity contribution < 1.29 is 4.74 Å². The van der Waals surface area contributed by atoms with E-state index in [1.54, 1.807) is 7.11 Å². The molecular formula is C16H18O. The highest BCUT2D eigenvalue weighted by molar-refractivity contribution is 5.45. The normalized spacial score (nSPS) is 9.41. The molecule has 0 aliphatic heterocycles. The number of hydrogen-bond acceptors (Lipinski definition) is 1. The minimum Gasteiger partial charge on any atom is -0.496 e. The average molecular weight is 226 g/mol. The summed E-state index contributed by atoms with van der Waals surface area (Å²) in [6, 6.07) is 4.27. The largest absolute Gasteiger partial charge is 0.496 e. The molecule has 1 aromatic carbocycles. The summed E-state index contributed by atoms with van der Waals surface area (Å²) in [5.74, 6) is 6.27. The third kappa shape index (κ3) is 3.58. The molecule has 17 heavy (non-hydrogen) atoms. The van der Waals surface area contributed by atoms with Gasteiger partial charge < -0.3 is 4.74 Å². The van der Waals surface area contributed by atoms with Crippen LogP contribution in [0.4, 0.5) is 0 Å². The summed E-state index contributed by atoms with van der Waals surface area (Å²) in [7, 11) is 1.70. The van der Waals surface area contributed by atoms with E-state index in [9.17, 15) is 0 Å². The molecule has 0 saturated carbocycles. The van der Waals surface area contributed by atoms with E-state index in [1.807, 2.05) is 0 Å². The number of hydrogen-bond donors (Lipinski definition) is 0. The van der Waals surface area contributed by atoms with Crippen molar-refractivity contribution in [1.82, 2.24) is 0 Å². The van der Waals surface area contributed by atoms with Crippen LogP contribution in [0.3, 0.4) is 0 Å². The van der Waals surface area contributed by atoms with Gasteiger partial charge in [-0.1, -0.05) is 17.7 Å². The van der Waals surface area contributed by atoms with Crippen LogP contribution in [0.1, 0.15) is 29.5 Å². The predicted octanol–water partition coefficient (Wildman–Crippen LogP) is 3.14. The third-order valence-electron chi connectivity index (χ3n) is 2.67. The van der Waals surface area contributed by atoms with Crippen LogP contribution in [0.2, 0.25) is 0 Å². The first-order chi connectivity index (χ1) is 8.22. The van der Waals surface area contributed by atoms with E-state index in [1.165, 1.54) is 16.7 Å². The van der Waals surface area contributed by atoms with Crippen molar-refractivity contribution in [3.63, 3.8) is 0 Å². The lowest BCUT2D eigenvalue weighted by molar-refractivity contribution is 0.404. The summed E-state index contributed by atoms with van der Waals surface area (Å²) < 4.78 is 5.49. The van der Waals surface area contributed by atoms with Gasteiger partial charge in [0.1, 0.15) is 5.75 Å². The van der Waals surface area contributed by atoms with E-state index in [4.69, 9.17) is 17.6 Å². The molecule has 0 bridgehead atoms. The van der Waals surface area contributed by atoms with Crippen molar-refractivity contribution in [2.24, 2.45) is 0 Å². The van der Waals surface area contributed by atoms with Gasteiger partial charge in [-0.2, -0.15) is 0 Å². The van der Waals surface area contributed by atoms with Crippen LogP contribution in [-0.4, -0.2) is 7.11 Å². The van der Waals surface area contributed by atoms with Gasteiger partial charge in [0.25, 0.3) is 0 Å². The molecule has 1 aromatic rings. The lowest BCUT2D eigenvalue weighted by atomic mass is 9.98. The first-order valence-corrected chi connectivity index (χ1v) is 5.76. The lowest BCUT2D eigenvalue weighted by Gasteiger charge is -2.14. The van der Waals surface area contributed by atoms with Crippen molar-refractivity contribution in [1.29, 1.82) is 0 Å². The van der Waals surface area contributed by atoms with E-state index in [-0.39, 0.29) is 0 Å².